The van der Waals surface area contributed by atoms with Crippen molar-refractivity contribution in [3.63, 3.8) is 0 Å². The highest BCUT2D eigenvalue weighted by molar-refractivity contribution is 5.30. The van der Waals surface area contributed by atoms with E-state index < -0.39 is 0 Å². The first-order valence-electron chi connectivity index (χ1n) is 7.32. The van der Waals surface area contributed by atoms with E-state index in [1.165, 1.54) is 11.1 Å². The van der Waals surface area contributed by atoms with Gasteiger partial charge in [-0.1, -0.05) is 24.3 Å². The van der Waals surface area contributed by atoms with Crippen LogP contribution in [0.1, 0.15) is 31.0 Å². The van der Waals surface area contributed by atoms with Crippen molar-refractivity contribution < 1.29 is 9.47 Å². The molecule has 0 amide bonds. The molecule has 0 fully saturated rings. The number of rotatable bonds is 7. The smallest absolute Gasteiger partial charge is 0.119 e. The second-order valence-electron chi connectivity index (χ2n) is 4.96. The van der Waals surface area contributed by atoms with Crippen LogP contribution in [0.15, 0.2) is 48.5 Å². The monoisotopic (exact) mass is 285 g/mol. The molecule has 0 aliphatic rings. The molecule has 1 atom stereocenters. The molecule has 21 heavy (non-hydrogen) atoms. The topological polar surface area (TPSA) is 30.5 Å². The lowest BCUT2D eigenvalue weighted by Crippen LogP contribution is -2.18. The third-order valence-electron chi connectivity index (χ3n) is 3.44. The molecule has 112 valence electrons. The molecule has 0 saturated carbocycles. The van der Waals surface area contributed by atoms with Gasteiger partial charge in [0, 0.05) is 12.6 Å². The average molecular weight is 285 g/mol. The van der Waals surface area contributed by atoms with Gasteiger partial charge in [0.25, 0.3) is 0 Å². The van der Waals surface area contributed by atoms with Crippen LogP contribution < -0.4 is 14.8 Å². The van der Waals surface area contributed by atoms with E-state index in [-0.39, 0.29) is 6.04 Å². The molecule has 1 N–H and O–H groups in total. The van der Waals surface area contributed by atoms with Gasteiger partial charge < -0.3 is 14.8 Å². The Kier molecular flexibility index (Phi) is 5.64. The van der Waals surface area contributed by atoms with Crippen molar-refractivity contribution in [1.82, 2.24) is 5.32 Å². The minimum absolute atomic E-state index is 0.284. The Bertz CT molecular complexity index is 551. The molecule has 0 bridgehead atoms. The van der Waals surface area contributed by atoms with Crippen LogP contribution >= 0.6 is 0 Å². The van der Waals surface area contributed by atoms with Crippen LogP contribution in [0.5, 0.6) is 11.5 Å². The van der Waals surface area contributed by atoms with Gasteiger partial charge in [0.2, 0.25) is 0 Å². The SMILES string of the molecule is CCOc1ccc(C(C)NCc2cccc(OC)c2)cc1. The molecule has 0 aliphatic carbocycles. The van der Waals surface area contributed by atoms with Gasteiger partial charge in [0.05, 0.1) is 13.7 Å². The van der Waals surface area contributed by atoms with Crippen molar-refractivity contribution in [3.8, 4) is 11.5 Å². The van der Waals surface area contributed by atoms with Crippen molar-refractivity contribution >= 4 is 0 Å². The maximum absolute atomic E-state index is 5.46. The summed E-state index contributed by atoms with van der Waals surface area (Å²) >= 11 is 0. The molecule has 0 aliphatic heterocycles. The number of hydrogen-bond donors (Lipinski definition) is 1. The summed E-state index contributed by atoms with van der Waals surface area (Å²) in [7, 11) is 1.69. The van der Waals surface area contributed by atoms with Crippen LogP contribution in [0.3, 0.4) is 0 Å². The molecule has 2 aromatic rings. The fraction of sp³-hybridized carbons (Fsp3) is 0.333. The van der Waals surface area contributed by atoms with Gasteiger partial charge in [-0.05, 0) is 49.2 Å². The van der Waals surface area contributed by atoms with Crippen molar-refractivity contribution in [3.05, 3.63) is 59.7 Å². The normalized spacial score (nSPS) is 12.0. The molecular formula is C18H23NO2. The van der Waals surface area contributed by atoms with Crippen LogP contribution in [0.25, 0.3) is 0 Å². The fourth-order valence-electron chi connectivity index (χ4n) is 2.19. The van der Waals surface area contributed by atoms with Crippen molar-refractivity contribution in [2.75, 3.05) is 13.7 Å². The molecule has 0 aromatic heterocycles. The molecular weight excluding hydrogens is 262 g/mol. The van der Waals surface area contributed by atoms with Crippen LogP contribution in [0.4, 0.5) is 0 Å². The zero-order chi connectivity index (χ0) is 15.1. The quantitative estimate of drug-likeness (QED) is 0.835. The van der Waals surface area contributed by atoms with E-state index in [1.54, 1.807) is 7.11 Å². The first kappa shape index (κ1) is 15.4. The molecule has 2 rings (SSSR count). The summed E-state index contributed by atoms with van der Waals surface area (Å²) in [6.45, 7) is 5.66. The molecule has 0 heterocycles. The summed E-state index contributed by atoms with van der Waals surface area (Å²) in [5.74, 6) is 1.81. The summed E-state index contributed by atoms with van der Waals surface area (Å²) in [5.41, 5.74) is 2.47. The molecule has 0 spiro atoms. The predicted molar refractivity (Wildman–Crippen MR) is 85.9 cm³/mol. The molecule has 0 radical (unpaired) electrons. The van der Waals surface area contributed by atoms with Crippen molar-refractivity contribution in [1.29, 1.82) is 0 Å². The summed E-state index contributed by atoms with van der Waals surface area (Å²) in [6.07, 6.45) is 0. The molecule has 3 nitrogen and oxygen atoms in total. The number of ether oxygens (including phenoxy) is 2. The predicted octanol–water partition coefficient (Wildman–Crippen LogP) is 3.94. The van der Waals surface area contributed by atoms with Gasteiger partial charge in [-0.15, -0.1) is 0 Å². The first-order valence-corrected chi connectivity index (χ1v) is 7.32. The largest absolute Gasteiger partial charge is 0.497 e. The number of benzene rings is 2. The number of methoxy groups -OCH3 is 1. The van der Waals surface area contributed by atoms with E-state index in [9.17, 15) is 0 Å². The van der Waals surface area contributed by atoms with Crippen LogP contribution in [0.2, 0.25) is 0 Å². The van der Waals surface area contributed by atoms with Gasteiger partial charge >= 0.3 is 0 Å². The van der Waals surface area contributed by atoms with Gasteiger partial charge in [-0.25, -0.2) is 0 Å². The zero-order valence-electron chi connectivity index (χ0n) is 12.9. The minimum atomic E-state index is 0.284. The maximum atomic E-state index is 5.46. The lowest BCUT2D eigenvalue weighted by atomic mass is 10.1. The standard InChI is InChI=1S/C18H23NO2/c1-4-21-17-10-8-16(9-11-17)14(2)19-13-15-6-5-7-18(12-15)20-3/h5-12,14,19H,4,13H2,1-3H3. The van der Waals surface area contributed by atoms with Gasteiger partial charge in [0.1, 0.15) is 11.5 Å². The molecule has 3 heteroatoms. The fourth-order valence-corrected chi connectivity index (χ4v) is 2.19. The summed E-state index contributed by atoms with van der Waals surface area (Å²) < 4.78 is 10.7. The van der Waals surface area contributed by atoms with E-state index in [2.05, 4.69) is 36.5 Å². The molecule has 0 saturated heterocycles. The van der Waals surface area contributed by atoms with Crippen molar-refractivity contribution in [2.24, 2.45) is 0 Å². The lowest BCUT2D eigenvalue weighted by Gasteiger charge is -2.15. The maximum Gasteiger partial charge on any atom is 0.119 e. The van der Waals surface area contributed by atoms with Gasteiger partial charge in [-0.2, -0.15) is 0 Å². The van der Waals surface area contributed by atoms with E-state index in [4.69, 9.17) is 9.47 Å². The molecule has 2 aromatic carbocycles. The average Bonchev–Trinajstić information content (AvgIpc) is 2.54. The lowest BCUT2D eigenvalue weighted by molar-refractivity contribution is 0.340. The van der Waals surface area contributed by atoms with Crippen LogP contribution in [-0.2, 0) is 6.54 Å². The first-order chi connectivity index (χ1) is 10.2. The Labute approximate surface area is 126 Å². The Balaban J connectivity index is 1.92. The second-order valence-corrected chi connectivity index (χ2v) is 4.96. The summed E-state index contributed by atoms with van der Waals surface area (Å²) in [4.78, 5) is 0. The number of nitrogens with one attached hydrogen (secondary N) is 1. The highest BCUT2D eigenvalue weighted by Gasteiger charge is 2.05. The van der Waals surface area contributed by atoms with Gasteiger partial charge in [0.15, 0.2) is 0 Å². The Morgan fingerprint density at radius 2 is 1.81 bits per heavy atom. The summed E-state index contributed by atoms with van der Waals surface area (Å²) in [6, 6.07) is 16.6. The summed E-state index contributed by atoms with van der Waals surface area (Å²) in [5, 5.41) is 3.52. The third-order valence-corrected chi connectivity index (χ3v) is 3.44. The second kappa shape index (κ2) is 7.70. The van der Waals surface area contributed by atoms with Crippen molar-refractivity contribution in [2.45, 2.75) is 26.4 Å². The third kappa shape index (κ3) is 4.50. The Morgan fingerprint density at radius 1 is 1.05 bits per heavy atom. The van der Waals surface area contributed by atoms with Crippen LogP contribution in [-0.4, -0.2) is 13.7 Å². The van der Waals surface area contributed by atoms with E-state index in [0.717, 1.165) is 18.0 Å². The van der Waals surface area contributed by atoms with E-state index >= 15 is 0 Å². The highest BCUT2D eigenvalue weighted by atomic mass is 16.5. The number of hydrogen-bond acceptors (Lipinski definition) is 3. The van der Waals surface area contributed by atoms with E-state index in [0.29, 0.717) is 6.61 Å². The van der Waals surface area contributed by atoms with Gasteiger partial charge in [-0.3, -0.25) is 0 Å². The molecule has 1 unspecified atom stereocenters. The van der Waals surface area contributed by atoms with Crippen LogP contribution in [0, 0.1) is 0 Å². The highest BCUT2D eigenvalue weighted by Crippen LogP contribution is 2.19. The van der Waals surface area contributed by atoms with E-state index in [1.807, 2.05) is 31.2 Å². The minimum Gasteiger partial charge on any atom is -0.497 e. The Morgan fingerprint density at radius 3 is 2.48 bits per heavy atom. The zero-order valence-corrected chi connectivity index (χ0v) is 12.9. The Hall–Kier alpha value is -2.00.